The van der Waals surface area contributed by atoms with Gasteiger partial charge in [-0.2, -0.15) is 5.11 Å². The fraction of sp³-hybridized carbons (Fsp3) is 0.231. The molecule has 2 N–H and O–H groups in total. The van der Waals surface area contributed by atoms with Crippen LogP contribution in [-0.2, 0) is 14.5 Å². The van der Waals surface area contributed by atoms with Crippen molar-refractivity contribution in [3.05, 3.63) is 82.7 Å². The highest BCUT2D eigenvalue weighted by atomic mass is 32.2. The Labute approximate surface area is 228 Å². The second-order valence-electron chi connectivity index (χ2n) is 8.66. The summed E-state index contributed by atoms with van der Waals surface area (Å²) in [5.74, 6) is -12.5. The van der Waals surface area contributed by atoms with Crippen molar-refractivity contribution in [1.29, 1.82) is 0 Å². The van der Waals surface area contributed by atoms with Crippen molar-refractivity contribution in [2.24, 2.45) is 10.2 Å². The van der Waals surface area contributed by atoms with Crippen molar-refractivity contribution in [2.45, 2.75) is 23.2 Å². The van der Waals surface area contributed by atoms with Crippen molar-refractivity contribution in [2.75, 3.05) is 30.4 Å². The Hall–Kier alpha value is -4.20. The molecule has 1 atom stereocenters. The van der Waals surface area contributed by atoms with Gasteiger partial charge in [-0.25, -0.2) is 26.7 Å². The zero-order valence-electron chi connectivity index (χ0n) is 21.0. The lowest BCUT2D eigenvalue weighted by atomic mass is 10.1. The van der Waals surface area contributed by atoms with Crippen LogP contribution in [-0.4, -0.2) is 37.2 Å². The van der Waals surface area contributed by atoms with Crippen LogP contribution in [0.5, 0.6) is 0 Å². The maximum atomic E-state index is 15.0. The molecule has 8 nitrogen and oxygen atoms in total. The standard InChI is InChI=1S/C26H21F5N4O4S/c1-13(36)39-11-3-10-35(2)16-7-5-15(6-8-16)33-34-26(19-20(27)22(29)24(31)23(30)21(19)28)32-17-9-4-14(25(37)38)12-18(17)40-26/h4-9,12,32H,3,10-11H2,1-2H3,(H,37,38). The van der Waals surface area contributed by atoms with Gasteiger partial charge < -0.3 is 20.1 Å². The third-order valence-corrected chi connectivity index (χ3v) is 7.12. The lowest BCUT2D eigenvalue weighted by Crippen LogP contribution is -2.30. The number of carbonyl (C=O) groups is 2. The summed E-state index contributed by atoms with van der Waals surface area (Å²) in [6.45, 7) is 2.14. The van der Waals surface area contributed by atoms with Crippen molar-refractivity contribution < 1.29 is 41.4 Å². The number of aromatic carboxylic acids is 1. The monoisotopic (exact) mass is 580 g/mol. The van der Waals surface area contributed by atoms with Gasteiger partial charge in [0, 0.05) is 31.1 Å². The van der Waals surface area contributed by atoms with Crippen LogP contribution < -0.4 is 10.2 Å². The van der Waals surface area contributed by atoms with E-state index >= 15 is 0 Å². The minimum absolute atomic E-state index is 0.147. The van der Waals surface area contributed by atoms with E-state index < -0.39 is 45.6 Å². The summed E-state index contributed by atoms with van der Waals surface area (Å²) in [6, 6.07) is 10.1. The molecule has 1 aliphatic heterocycles. The first-order chi connectivity index (χ1) is 18.9. The average molecular weight is 581 g/mol. The Morgan fingerprint density at radius 1 is 1.00 bits per heavy atom. The SMILES string of the molecule is CC(=O)OCCCN(C)c1ccc(N=NC2(c3c(F)c(F)c(F)c(F)c3F)Nc3ccc(C(=O)O)cc3S2)cc1. The number of hydrogen-bond donors (Lipinski definition) is 2. The average Bonchev–Trinajstić information content (AvgIpc) is 3.30. The van der Waals surface area contributed by atoms with Gasteiger partial charge in [0.15, 0.2) is 23.3 Å². The number of anilines is 2. The third-order valence-electron chi connectivity index (χ3n) is 5.88. The molecule has 0 aromatic heterocycles. The van der Waals surface area contributed by atoms with Crippen LogP contribution >= 0.6 is 11.8 Å². The number of fused-ring (bicyclic) bond motifs is 1. The van der Waals surface area contributed by atoms with Crippen LogP contribution in [0.2, 0.25) is 0 Å². The van der Waals surface area contributed by atoms with E-state index in [1.807, 2.05) is 11.9 Å². The highest BCUT2D eigenvalue weighted by Crippen LogP contribution is 2.54. The first-order valence-electron chi connectivity index (χ1n) is 11.7. The number of thioether (sulfide) groups is 1. The van der Waals surface area contributed by atoms with Crippen LogP contribution in [0.3, 0.4) is 0 Å². The minimum atomic E-state index is -2.35. The highest BCUT2D eigenvalue weighted by Gasteiger charge is 2.47. The number of hydrogen-bond acceptors (Lipinski definition) is 8. The number of rotatable bonds is 9. The molecule has 14 heteroatoms. The summed E-state index contributed by atoms with van der Waals surface area (Å²) in [5.41, 5.74) is -0.327. The molecule has 3 aromatic rings. The molecular formula is C26H21F5N4O4S. The largest absolute Gasteiger partial charge is 0.478 e. The maximum Gasteiger partial charge on any atom is 0.335 e. The molecule has 4 rings (SSSR count). The lowest BCUT2D eigenvalue weighted by molar-refractivity contribution is -0.140. The summed E-state index contributed by atoms with van der Waals surface area (Å²) in [4.78, 5) is 22.0. The van der Waals surface area contributed by atoms with Crippen LogP contribution in [0.1, 0.15) is 29.3 Å². The topological polar surface area (TPSA) is 104 Å². The van der Waals surface area contributed by atoms with E-state index in [-0.39, 0.29) is 34.4 Å². The van der Waals surface area contributed by atoms with Crippen LogP contribution in [0.15, 0.2) is 57.6 Å². The van der Waals surface area contributed by atoms with E-state index in [4.69, 9.17) is 4.74 Å². The van der Waals surface area contributed by atoms with Crippen molar-refractivity contribution in [3.63, 3.8) is 0 Å². The summed E-state index contributed by atoms with van der Waals surface area (Å²) in [6.07, 6.45) is 0.578. The van der Waals surface area contributed by atoms with Crippen LogP contribution in [0.4, 0.5) is 39.0 Å². The van der Waals surface area contributed by atoms with E-state index in [0.29, 0.717) is 24.7 Å². The van der Waals surface area contributed by atoms with Gasteiger partial charge in [0.1, 0.15) is 0 Å². The van der Waals surface area contributed by atoms with E-state index in [0.717, 1.165) is 5.69 Å². The molecule has 0 amide bonds. The molecule has 0 aliphatic carbocycles. The Bertz CT molecular complexity index is 1480. The number of halogens is 5. The fourth-order valence-electron chi connectivity index (χ4n) is 3.87. The van der Waals surface area contributed by atoms with Gasteiger partial charge in [0.25, 0.3) is 0 Å². The molecule has 3 aromatic carbocycles. The number of benzene rings is 3. The quantitative estimate of drug-likeness (QED) is 0.0736. The summed E-state index contributed by atoms with van der Waals surface area (Å²) in [5, 5.41) is 20.0. The van der Waals surface area contributed by atoms with Gasteiger partial charge in [0.05, 0.1) is 29.1 Å². The summed E-state index contributed by atoms with van der Waals surface area (Å²) >= 11 is 0.546. The molecular weight excluding hydrogens is 559 g/mol. The fourth-order valence-corrected chi connectivity index (χ4v) is 5.13. The van der Waals surface area contributed by atoms with E-state index in [1.165, 1.54) is 37.3 Å². The molecule has 210 valence electrons. The zero-order valence-corrected chi connectivity index (χ0v) is 21.8. The second kappa shape index (κ2) is 11.5. The lowest BCUT2D eigenvalue weighted by Gasteiger charge is -2.25. The summed E-state index contributed by atoms with van der Waals surface area (Å²) in [7, 11) is 1.81. The molecule has 1 heterocycles. The van der Waals surface area contributed by atoms with E-state index in [2.05, 4.69) is 15.5 Å². The smallest absolute Gasteiger partial charge is 0.335 e. The molecule has 40 heavy (non-hydrogen) atoms. The third kappa shape index (κ3) is 5.71. The highest BCUT2D eigenvalue weighted by molar-refractivity contribution is 8.00. The van der Waals surface area contributed by atoms with Crippen LogP contribution in [0, 0.1) is 29.1 Å². The Kier molecular flexibility index (Phi) is 8.28. The van der Waals surface area contributed by atoms with Crippen LogP contribution in [0.25, 0.3) is 0 Å². The van der Waals surface area contributed by atoms with E-state index in [9.17, 15) is 36.6 Å². The Balaban J connectivity index is 1.68. The predicted molar refractivity (Wildman–Crippen MR) is 136 cm³/mol. The molecule has 1 unspecified atom stereocenters. The Morgan fingerprint density at radius 2 is 1.62 bits per heavy atom. The number of esters is 1. The van der Waals surface area contributed by atoms with Gasteiger partial charge in [-0.3, -0.25) is 4.79 Å². The summed E-state index contributed by atoms with van der Waals surface area (Å²) < 4.78 is 77.0. The molecule has 0 spiro atoms. The zero-order chi connectivity index (χ0) is 29.2. The molecule has 0 bridgehead atoms. The van der Waals surface area contributed by atoms with Crippen molar-refractivity contribution in [1.82, 2.24) is 0 Å². The molecule has 0 radical (unpaired) electrons. The first kappa shape index (κ1) is 28.8. The molecule has 0 saturated carbocycles. The van der Waals surface area contributed by atoms with Gasteiger partial charge in [-0.15, -0.1) is 5.11 Å². The molecule has 0 fully saturated rings. The normalized spacial score (nSPS) is 16.1. The minimum Gasteiger partial charge on any atom is -0.478 e. The number of carboxylic acid groups (broad SMARTS) is 1. The van der Waals surface area contributed by atoms with Gasteiger partial charge in [-0.05, 0) is 48.9 Å². The maximum absolute atomic E-state index is 15.0. The molecule has 0 saturated heterocycles. The second-order valence-corrected chi connectivity index (χ2v) is 9.90. The number of carboxylic acids is 1. The number of nitrogens with zero attached hydrogens (tertiary/aromatic N) is 3. The first-order valence-corrected chi connectivity index (χ1v) is 12.5. The van der Waals surface area contributed by atoms with Crippen molar-refractivity contribution >= 4 is 40.8 Å². The molecule has 1 aliphatic rings. The predicted octanol–water partition coefficient (Wildman–Crippen LogP) is 6.58. The number of carbonyl (C=O) groups excluding carboxylic acids is 1. The Morgan fingerprint density at radius 3 is 2.23 bits per heavy atom. The number of ether oxygens (including phenoxy) is 1. The van der Waals surface area contributed by atoms with Crippen molar-refractivity contribution in [3.8, 4) is 0 Å². The van der Waals surface area contributed by atoms with E-state index in [1.54, 1.807) is 12.1 Å². The van der Waals surface area contributed by atoms with Gasteiger partial charge in [0.2, 0.25) is 10.8 Å². The van der Waals surface area contributed by atoms with Gasteiger partial charge in [-0.1, -0.05) is 11.8 Å². The van der Waals surface area contributed by atoms with Gasteiger partial charge >= 0.3 is 11.9 Å². The number of nitrogens with one attached hydrogen (secondary N) is 1. The number of azo groups is 1.